The molecule has 1 aromatic rings. The van der Waals surface area contributed by atoms with Crippen LogP contribution < -0.4 is 10.6 Å². The van der Waals surface area contributed by atoms with Crippen molar-refractivity contribution >= 4 is 12.1 Å². The van der Waals surface area contributed by atoms with Crippen molar-refractivity contribution in [2.45, 2.75) is 65.7 Å². The lowest BCUT2D eigenvalue weighted by Gasteiger charge is -2.20. The Balaban J connectivity index is 2.41. The Morgan fingerprint density at radius 2 is 1.63 bits per heavy atom. The number of esters is 1. The molecule has 0 bridgehead atoms. The van der Waals surface area contributed by atoms with Crippen molar-refractivity contribution in [2.24, 2.45) is 0 Å². The zero-order valence-electron chi connectivity index (χ0n) is 17.1. The summed E-state index contributed by atoms with van der Waals surface area (Å²) in [6.45, 7) is 12.0. The van der Waals surface area contributed by atoms with Crippen LogP contribution in [0.2, 0.25) is 0 Å². The Morgan fingerprint density at radius 1 is 1.00 bits per heavy atom. The summed E-state index contributed by atoms with van der Waals surface area (Å²) in [5, 5.41) is 5.75. The van der Waals surface area contributed by atoms with E-state index < -0.39 is 23.3 Å². The molecule has 0 aliphatic heterocycles. The van der Waals surface area contributed by atoms with Crippen LogP contribution in [0.25, 0.3) is 0 Å². The topological polar surface area (TPSA) is 76.7 Å². The van der Waals surface area contributed by atoms with E-state index in [2.05, 4.69) is 10.6 Å². The maximum atomic E-state index is 13.9. The molecule has 1 amide bonds. The Kier molecular flexibility index (Phi) is 8.21. The standard InChI is InChI=1S/C20H31FN2O4/c1-19(2,3)26-17(24)14-8-9-16(21)15(12-14)13-22-10-7-11-23-18(25)27-20(4,5)6/h8-9,12,22H,7,10-11,13H2,1-6H3,(H,23,25). The average Bonchev–Trinajstić information content (AvgIpc) is 2.48. The molecule has 1 aromatic carbocycles. The minimum Gasteiger partial charge on any atom is -0.456 e. The Morgan fingerprint density at radius 3 is 2.22 bits per heavy atom. The van der Waals surface area contributed by atoms with Crippen LogP contribution >= 0.6 is 0 Å². The Bertz CT molecular complexity index is 648. The molecule has 2 N–H and O–H groups in total. The molecule has 0 aromatic heterocycles. The van der Waals surface area contributed by atoms with Crippen LogP contribution in [-0.4, -0.2) is 36.4 Å². The number of benzene rings is 1. The summed E-state index contributed by atoms with van der Waals surface area (Å²) >= 11 is 0. The lowest BCUT2D eigenvalue weighted by Crippen LogP contribution is -2.33. The first-order chi connectivity index (χ1) is 12.4. The quantitative estimate of drug-likeness (QED) is 0.554. The maximum Gasteiger partial charge on any atom is 0.407 e. The van der Waals surface area contributed by atoms with E-state index in [0.29, 0.717) is 30.6 Å². The average molecular weight is 382 g/mol. The molecule has 0 unspecified atom stereocenters. The zero-order valence-corrected chi connectivity index (χ0v) is 17.1. The molecule has 27 heavy (non-hydrogen) atoms. The third kappa shape index (κ3) is 9.94. The SMILES string of the molecule is CC(C)(C)OC(=O)NCCCNCc1cc(C(=O)OC(C)(C)C)ccc1F. The number of alkyl carbamates (subject to hydrolysis) is 1. The first kappa shape index (κ1) is 22.9. The predicted molar refractivity (Wildman–Crippen MR) is 102 cm³/mol. The highest BCUT2D eigenvalue weighted by molar-refractivity contribution is 5.89. The van der Waals surface area contributed by atoms with Crippen LogP contribution in [0, 0.1) is 5.82 Å². The fourth-order valence-corrected chi connectivity index (χ4v) is 2.12. The van der Waals surface area contributed by atoms with Crippen molar-refractivity contribution in [3.05, 3.63) is 35.1 Å². The van der Waals surface area contributed by atoms with Crippen molar-refractivity contribution in [1.82, 2.24) is 10.6 Å². The summed E-state index contributed by atoms with van der Waals surface area (Å²) < 4.78 is 24.4. The van der Waals surface area contributed by atoms with Crippen LogP contribution in [-0.2, 0) is 16.0 Å². The molecule has 0 atom stereocenters. The molecule has 0 aliphatic rings. The fourth-order valence-electron chi connectivity index (χ4n) is 2.12. The van der Waals surface area contributed by atoms with Gasteiger partial charge in [0, 0.05) is 18.7 Å². The second-order valence-corrected chi connectivity index (χ2v) is 8.27. The molecule has 0 fully saturated rings. The Hall–Kier alpha value is -2.15. The van der Waals surface area contributed by atoms with Gasteiger partial charge in [-0.25, -0.2) is 14.0 Å². The second-order valence-electron chi connectivity index (χ2n) is 8.27. The van der Waals surface area contributed by atoms with Crippen molar-refractivity contribution in [1.29, 1.82) is 0 Å². The van der Waals surface area contributed by atoms with Crippen molar-refractivity contribution in [3.63, 3.8) is 0 Å². The van der Waals surface area contributed by atoms with Gasteiger partial charge in [-0.2, -0.15) is 0 Å². The van der Waals surface area contributed by atoms with Gasteiger partial charge in [-0.15, -0.1) is 0 Å². The number of carbonyl (C=O) groups excluding carboxylic acids is 2. The lowest BCUT2D eigenvalue weighted by atomic mass is 10.1. The van der Waals surface area contributed by atoms with Gasteiger partial charge >= 0.3 is 12.1 Å². The summed E-state index contributed by atoms with van der Waals surface area (Å²) in [6, 6.07) is 4.17. The van der Waals surface area contributed by atoms with Crippen LogP contribution in [0.1, 0.15) is 63.9 Å². The largest absolute Gasteiger partial charge is 0.456 e. The summed E-state index contributed by atoms with van der Waals surface area (Å²) in [5.74, 6) is -0.869. The first-order valence-corrected chi connectivity index (χ1v) is 9.07. The van der Waals surface area contributed by atoms with E-state index in [0.717, 1.165) is 0 Å². The molecule has 1 rings (SSSR count). The van der Waals surface area contributed by atoms with Gasteiger partial charge in [0.25, 0.3) is 0 Å². The van der Waals surface area contributed by atoms with Crippen LogP contribution in [0.4, 0.5) is 9.18 Å². The molecule has 0 radical (unpaired) electrons. The number of carbonyl (C=O) groups is 2. The lowest BCUT2D eigenvalue weighted by molar-refractivity contribution is 0.00690. The molecule has 152 valence electrons. The number of amides is 1. The van der Waals surface area contributed by atoms with E-state index in [1.165, 1.54) is 18.2 Å². The number of hydrogen-bond donors (Lipinski definition) is 2. The monoisotopic (exact) mass is 382 g/mol. The second kappa shape index (κ2) is 9.69. The predicted octanol–water partition coefficient (Wildman–Crippen LogP) is 3.79. The highest BCUT2D eigenvalue weighted by Gasteiger charge is 2.19. The molecule has 0 heterocycles. The summed E-state index contributed by atoms with van der Waals surface area (Å²) in [5.41, 5.74) is -0.433. The van der Waals surface area contributed by atoms with Crippen molar-refractivity contribution < 1.29 is 23.5 Å². The summed E-state index contributed by atoms with van der Waals surface area (Å²) in [6.07, 6.45) is 0.200. The van der Waals surface area contributed by atoms with Crippen molar-refractivity contribution in [2.75, 3.05) is 13.1 Å². The number of nitrogens with one attached hydrogen (secondary N) is 2. The molecule has 7 heteroatoms. The van der Waals surface area contributed by atoms with Gasteiger partial charge in [-0.1, -0.05) is 0 Å². The summed E-state index contributed by atoms with van der Waals surface area (Å²) in [7, 11) is 0. The number of hydrogen-bond acceptors (Lipinski definition) is 5. The minimum atomic E-state index is -0.606. The smallest absolute Gasteiger partial charge is 0.407 e. The molecule has 0 aliphatic carbocycles. The van der Waals surface area contributed by atoms with Crippen LogP contribution in [0.3, 0.4) is 0 Å². The highest BCUT2D eigenvalue weighted by Crippen LogP contribution is 2.15. The van der Waals surface area contributed by atoms with E-state index in [1.54, 1.807) is 41.5 Å². The van der Waals surface area contributed by atoms with E-state index in [1.807, 2.05) is 0 Å². The number of ether oxygens (including phenoxy) is 2. The van der Waals surface area contributed by atoms with E-state index >= 15 is 0 Å². The van der Waals surface area contributed by atoms with Gasteiger partial charge in [-0.05, 0) is 72.7 Å². The van der Waals surface area contributed by atoms with Gasteiger partial charge in [0.05, 0.1) is 5.56 Å². The van der Waals surface area contributed by atoms with Crippen LogP contribution in [0.15, 0.2) is 18.2 Å². The van der Waals surface area contributed by atoms with Gasteiger partial charge in [0.1, 0.15) is 17.0 Å². The number of rotatable bonds is 7. The zero-order chi connectivity index (χ0) is 20.7. The van der Waals surface area contributed by atoms with Gasteiger partial charge in [0.15, 0.2) is 0 Å². The van der Waals surface area contributed by atoms with Crippen LogP contribution in [0.5, 0.6) is 0 Å². The fraction of sp³-hybridized carbons (Fsp3) is 0.600. The molecule has 0 saturated carbocycles. The van der Waals surface area contributed by atoms with Gasteiger partial charge in [-0.3, -0.25) is 0 Å². The van der Waals surface area contributed by atoms with Crippen molar-refractivity contribution in [3.8, 4) is 0 Å². The molecular weight excluding hydrogens is 351 g/mol. The molecular formula is C20H31FN2O4. The Labute approximate surface area is 160 Å². The van der Waals surface area contributed by atoms with E-state index in [9.17, 15) is 14.0 Å². The third-order valence-corrected chi connectivity index (χ3v) is 3.19. The molecule has 0 saturated heterocycles. The number of halogens is 1. The first-order valence-electron chi connectivity index (χ1n) is 9.07. The van der Waals surface area contributed by atoms with Gasteiger partial charge < -0.3 is 20.1 Å². The third-order valence-electron chi connectivity index (χ3n) is 3.19. The van der Waals surface area contributed by atoms with E-state index in [4.69, 9.17) is 9.47 Å². The molecule has 6 nitrogen and oxygen atoms in total. The maximum absolute atomic E-state index is 13.9. The van der Waals surface area contributed by atoms with E-state index in [-0.39, 0.29) is 12.4 Å². The normalized spacial score (nSPS) is 11.8. The highest BCUT2D eigenvalue weighted by atomic mass is 19.1. The van der Waals surface area contributed by atoms with Gasteiger partial charge in [0.2, 0.25) is 0 Å². The minimum absolute atomic E-state index is 0.273. The molecule has 0 spiro atoms. The summed E-state index contributed by atoms with van der Waals surface area (Å²) in [4.78, 5) is 23.6.